The van der Waals surface area contributed by atoms with Crippen LogP contribution in [0.1, 0.15) is 17.3 Å². The van der Waals surface area contributed by atoms with Crippen molar-refractivity contribution in [2.75, 3.05) is 33.0 Å². The Morgan fingerprint density at radius 3 is 2.63 bits per heavy atom. The van der Waals surface area contributed by atoms with Crippen molar-refractivity contribution in [1.82, 2.24) is 4.90 Å². The fourth-order valence-corrected chi connectivity index (χ4v) is 1.41. The van der Waals surface area contributed by atoms with Gasteiger partial charge in [0.15, 0.2) is 6.61 Å². The average molecular weight is 266 g/mol. The molecule has 0 saturated carbocycles. The number of anilines is 1. The number of hydrogen-bond donors (Lipinski definition) is 1. The van der Waals surface area contributed by atoms with E-state index in [-0.39, 0.29) is 29.5 Å². The fraction of sp³-hybridized carbons (Fsp3) is 0.385. The summed E-state index contributed by atoms with van der Waals surface area (Å²) in [5.74, 6) is -0.533. The zero-order chi connectivity index (χ0) is 14.4. The Morgan fingerprint density at radius 1 is 1.37 bits per heavy atom. The maximum atomic E-state index is 11.6. The van der Waals surface area contributed by atoms with Gasteiger partial charge in [0, 0.05) is 19.3 Å². The molecule has 1 amide bonds. The first-order valence-corrected chi connectivity index (χ1v) is 5.84. The summed E-state index contributed by atoms with van der Waals surface area (Å²) in [6, 6.07) is 4.78. The lowest BCUT2D eigenvalue weighted by Gasteiger charge is -2.16. The quantitative estimate of drug-likeness (QED) is 0.633. The second kappa shape index (κ2) is 6.63. The van der Waals surface area contributed by atoms with E-state index in [4.69, 9.17) is 10.5 Å². The van der Waals surface area contributed by atoms with Gasteiger partial charge in [0.05, 0.1) is 7.11 Å². The topological polar surface area (TPSA) is 81.9 Å². The molecule has 0 fully saturated rings. The molecule has 0 radical (unpaired) electrons. The van der Waals surface area contributed by atoms with E-state index in [1.54, 1.807) is 25.2 Å². The molecule has 0 aliphatic rings. The van der Waals surface area contributed by atoms with Crippen LogP contribution in [0, 0.1) is 0 Å². The first-order chi connectivity index (χ1) is 9.01. The molecule has 0 saturated heterocycles. The van der Waals surface area contributed by atoms with Crippen LogP contribution in [0.5, 0.6) is 5.75 Å². The number of likely N-dealkylation sites (N-methyl/N-ethyl adjacent to an activating group) is 1. The van der Waals surface area contributed by atoms with Gasteiger partial charge >= 0.3 is 5.97 Å². The molecule has 0 bridgehead atoms. The van der Waals surface area contributed by atoms with Crippen LogP contribution in [0.3, 0.4) is 0 Å². The summed E-state index contributed by atoms with van der Waals surface area (Å²) in [4.78, 5) is 24.8. The third-order valence-electron chi connectivity index (χ3n) is 2.70. The minimum absolute atomic E-state index is 0.136. The smallest absolute Gasteiger partial charge is 0.343 e. The van der Waals surface area contributed by atoms with Gasteiger partial charge in [-0.3, -0.25) is 4.79 Å². The van der Waals surface area contributed by atoms with Gasteiger partial charge in [0.25, 0.3) is 5.91 Å². The number of amides is 1. The van der Waals surface area contributed by atoms with Gasteiger partial charge in [-0.15, -0.1) is 0 Å². The molecule has 0 aliphatic heterocycles. The molecule has 0 atom stereocenters. The predicted octanol–water partition coefficient (Wildman–Crippen LogP) is 0.913. The summed E-state index contributed by atoms with van der Waals surface area (Å²) < 4.78 is 9.99. The van der Waals surface area contributed by atoms with E-state index in [0.717, 1.165) is 0 Å². The Labute approximate surface area is 112 Å². The van der Waals surface area contributed by atoms with E-state index in [1.807, 2.05) is 6.92 Å². The lowest BCUT2D eigenvalue weighted by molar-refractivity contribution is -0.131. The Morgan fingerprint density at radius 2 is 2.05 bits per heavy atom. The number of nitrogens with two attached hydrogens (primary N) is 1. The second-order valence-corrected chi connectivity index (χ2v) is 3.91. The molecule has 0 spiro atoms. The Hall–Kier alpha value is -2.24. The van der Waals surface area contributed by atoms with Crippen molar-refractivity contribution in [2.24, 2.45) is 0 Å². The molecule has 19 heavy (non-hydrogen) atoms. The molecule has 1 aromatic carbocycles. The van der Waals surface area contributed by atoms with Crippen molar-refractivity contribution < 1.29 is 19.1 Å². The van der Waals surface area contributed by atoms with Crippen LogP contribution in [0.15, 0.2) is 18.2 Å². The number of methoxy groups -OCH3 is 1. The molecule has 104 valence electrons. The molecule has 1 rings (SSSR count). The SMILES string of the molecule is CCN(C)C(=O)COc1cccc(N)c1C(=O)OC. The van der Waals surface area contributed by atoms with Crippen LogP contribution in [0.4, 0.5) is 5.69 Å². The van der Waals surface area contributed by atoms with Crippen molar-refractivity contribution in [1.29, 1.82) is 0 Å². The highest BCUT2D eigenvalue weighted by molar-refractivity contribution is 5.98. The predicted molar refractivity (Wildman–Crippen MR) is 71.0 cm³/mol. The minimum atomic E-state index is -0.593. The second-order valence-electron chi connectivity index (χ2n) is 3.91. The fourth-order valence-electron chi connectivity index (χ4n) is 1.41. The monoisotopic (exact) mass is 266 g/mol. The molecule has 1 aromatic rings. The van der Waals surface area contributed by atoms with Crippen molar-refractivity contribution >= 4 is 17.6 Å². The van der Waals surface area contributed by atoms with Crippen LogP contribution in [0.25, 0.3) is 0 Å². The van der Waals surface area contributed by atoms with Gasteiger partial charge in [-0.2, -0.15) is 0 Å². The highest BCUT2D eigenvalue weighted by atomic mass is 16.5. The Bertz CT molecular complexity index is 474. The minimum Gasteiger partial charge on any atom is -0.483 e. The standard InChI is InChI=1S/C13H18N2O4/c1-4-15(2)11(16)8-19-10-7-5-6-9(14)12(10)13(17)18-3/h5-7H,4,8,14H2,1-3H3. The normalized spacial score (nSPS) is 9.84. The average Bonchev–Trinajstić information content (AvgIpc) is 2.42. The third kappa shape index (κ3) is 3.61. The van der Waals surface area contributed by atoms with Crippen LogP contribution in [-0.2, 0) is 9.53 Å². The van der Waals surface area contributed by atoms with Gasteiger partial charge in [-0.25, -0.2) is 4.79 Å². The number of nitrogen functional groups attached to an aromatic ring is 1. The van der Waals surface area contributed by atoms with Crippen LogP contribution < -0.4 is 10.5 Å². The number of hydrogen-bond acceptors (Lipinski definition) is 5. The zero-order valence-corrected chi connectivity index (χ0v) is 11.3. The number of rotatable bonds is 5. The largest absolute Gasteiger partial charge is 0.483 e. The van der Waals surface area contributed by atoms with E-state index < -0.39 is 5.97 Å². The first kappa shape index (κ1) is 14.8. The highest BCUT2D eigenvalue weighted by Crippen LogP contribution is 2.25. The summed E-state index contributed by atoms with van der Waals surface area (Å²) in [7, 11) is 2.93. The maximum Gasteiger partial charge on any atom is 0.343 e. The van der Waals surface area contributed by atoms with Gasteiger partial charge in [0.1, 0.15) is 11.3 Å². The molecule has 0 heterocycles. The van der Waals surface area contributed by atoms with Crippen molar-refractivity contribution in [3.05, 3.63) is 23.8 Å². The van der Waals surface area contributed by atoms with Crippen LogP contribution >= 0.6 is 0 Å². The van der Waals surface area contributed by atoms with E-state index in [9.17, 15) is 9.59 Å². The van der Waals surface area contributed by atoms with E-state index in [0.29, 0.717) is 6.54 Å². The van der Waals surface area contributed by atoms with E-state index in [1.165, 1.54) is 12.0 Å². The van der Waals surface area contributed by atoms with Crippen molar-refractivity contribution in [2.45, 2.75) is 6.92 Å². The van der Waals surface area contributed by atoms with E-state index >= 15 is 0 Å². The lowest BCUT2D eigenvalue weighted by atomic mass is 10.1. The number of esters is 1. The Balaban J connectivity index is 2.87. The molecule has 2 N–H and O–H groups in total. The Kier molecular flexibility index (Phi) is 5.17. The summed E-state index contributed by atoms with van der Waals surface area (Å²) in [5.41, 5.74) is 6.10. The number of benzene rings is 1. The van der Waals surface area contributed by atoms with Crippen LogP contribution in [-0.4, -0.2) is 44.1 Å². The molecule has 0 aromatic heterocycles. The highest BCUT2D eigenvalue weighted by Gasteiger charge is 2.18. The maximum absolute atomic E-state index is 11.6. The van der Waals surface area contributed by atoms with Gasteiger partial charge < -0.3 is 20.1 Å². The summed E-state index contributed by atoms with van der Waals surface area (Å²) in [6.07, 6.45) is 0. The summed E-state index contributed by atoms with van der Waals surface area (Å²) in [5, 5.41) is 0. The van der Waals surface area contributed by atoms with Crippen molar-refractivity contribution in [3.8, 4) is 5.75 Å². The molecule has 6 heteroatoms. The van der Waals surface area contributed by atoms with E-state index in [2.05, 4.69) is 4.74 Å². The zero-order valence-electron chi connectivity index (χ0n) is 11.3. The summed E-state index contributed by atoms with van der Waals surface area (Å²) >= 11 is 0. The third-order valence-corrected chi connectivity index (χ3v) is 2.70. The van der Waals surface area contributed by atoms with Gasteiger partial charge in [0.2, 0.25) is 0 Å². The molecule has 6 nitrogen and oxygen atoms in total. The molecule has 0 aliphatic carbocycles. The number of carbonyl (C=O) groups excluding carboxylic acids is 2. The number of ether oxygens (including phenoxy) is 2. The number of carbonyl (C=O) groups is 2. The van der Waals surface area contributed by atoms with Gasteiger partial charge in [-0.05, 0) is 19.1 Å². The lowest BCUT2D eigenvalue weighted by Crippen LogP contribution is -2.31. The van der Waals surface area contributed by atoms with Crippen LogP contribution in [0.2, 0.25) is 0 Å². The number of nitrogens with zero attached hydrogens (tertiary/aromatic N) is 1. The first-order valence-electron chi connectivity index (χ1n) is 5.84. The van der Waals surface area contributed by atoms with Gasteiger partial charge in [-0.1, -0.05) is 6.07 Å². The molecular formula is C13H18N2O4. The molecular weight excluding hydrogens is 248 g/mol. The summed E-state index contributed by atoms with van der Waals surface area (Å²) in [6.45, 7) is 2.29. The molecule has 0 unspecified atom stereocenters. The van der Waals surface area contributed by atoms with Crippen molar-refractivity contribution in [3.63, 3.8) is 0 Å².